The molecule has 20 heavy (non-hydrogen) atoms. The first-order valence-corrected chi connectivity index (χ1v) is 6.58. The topological polar surface area (TPSA) is 83.8 Å². The van der Waals surface area contributed by atoms with E-state index >= 15 is 0 Å². The number of fused-ring (bicyclic) bond motifs is 1. The molecule has 5 nitrogen and oxygen atoms in total. The largest absolute Gasteiger partial charge is 0.535 e. The molecule has 1 atom stereocenters. The van der Waals surface area contributed by atoms with Crippen LogP contribution in [0.2, 0.25) is 10.8 Å². The Morgan fingerprint density at radius 1 is 1.55 bits per heavy atom. The molecule has 7 heteroatoms. The number of halogens is 1. The standard InChI is InChI=1S/C13H14BClO5/c1-6-3-10(13(17)18)12-9(11(6)15)5-8(4-7(2)16)14(19)20-12/h3,8,19H,4-5H2,1-2H3,(H,17,18)/t8-/m0/s1. The van der Waals surface area contributed by atoms with E-state index in [4.69, 9.17) is 16.3 Å². The normalized spacial score (nSPS) is 17.4. The minimum absolute atomic E-state index is 0.0257. The van der Waals surface area contributed by atoms with Crippen molar-refractivity contribution in [3.05, 3.63) is 27.8 Å². The van der Waals surface area contributed by atoms with E-state index in [2.05, 4.69) is 0 Å². The van der Waals surface area contributed by atoms with Gasteiger partial charge in [-0.3, -0.25) is 0 Å². The van der Waals surface area contributed by atoms with E-state index in [1.807, 2.05) is 0 Å². The van der Waals surface area contributed by atoms with Gasteiger partial charge >= 0.3 is 13.1 Å². The van der Waals surface area contributed by atoms with Gasteiger partial charge in [-0.15, -0.1) is 0 Å². The fourth-order valence-corrected chi connectivity index (χ4v) is 2.66. The molecule has 0 unspecified atom stereocenters. The molecular weight excluding hydrogens is 282 g/mol. The van der Waals surface area contributed by atoms with Gasteiger partial charge in [0.15, 0.2) is 0 Å². The molecular formula is C13H14BClO5. The predicted octanol–water partition coefficient (Wildman–Crippen LogP) is 2.11. The van der Waals surface area contributed by atoms with Gasteiger partial charge in [-0.2, -0.15) is 0 Å². The number of hydrogen-bond acceptors (Lipinski definition) is 4. The molecule has 1 aliphatic heterocycles. The fraction of sp³-hybridized carbons (Fsp3) is 0.385. The number of hydrogen-bond donors (Lipinski definition) is 2. The van der Waals surface area contributed by atoms with Crippen LogP contribution in [-0.4, -0.2) is 29.0 Å². The van der Waals surface area contributed by atoms with Gasteiger partial charge in [0, 0.05) is 17.8 Å². The third-order valence-corrected chi connectivity index (χ3v) is 3.91. The Hall–Kier alpha value is -1.53. The third kappa shape index (κ3) is 2.67. The Morgan fingerprint density at radius 2 is 2.20 bits per heavy atom. The summed E-state index contributed by atoms with van der Waals surface area (Å²) in [4.78, 5) is 22.4. The first-order valence-electron chi connectivity index (χ1n) is 6.20. The Morgan fingerprint density at radius 3 is 2.75 bits per heavy atom. The van der Waals surface area contributed by atoms with Gasteiger partial charge in [0.1, 0.15) is 17.1 Å². The van der Waals surface area contributed by atoms with Crippen LogP contribution in [-0.2, 0) is 11.2 Å². The molecule has 2 N–H and O–H groups in total. The average molecular weight is 297 g/mol. The van der Waals surface area contributed by atoms with Crippen molar-refractivity contribution in [2.45, 2.75) is 32.5 Å². The molecule has 106 valence electrons. The summed E-state index contributed by atoms with van der Waals surface area (Å²) in [6.45, 7) is 3.14. The molecule has 0 aromatic heterocycles. The maximum absolute atomic E-state index is 11.2. The highest BCUT2D eigenvalue weighted by Crippen LogP contribution is 2.41. The van der Waals surface area contributed by atoms with E-state index in [9.17, 15) is 19.7 Å². The minimum Gasteiger partial charge on any atom is -0.535 e. The number of ketones is 1. The van der Waals surface area contributed by atoms with Crippen LogP contribution in [0.1, 0.15) is 34.8 Å². The lowest BCUT2D eigenvalue weighted by molar-refractivity contribution is -0.117. The number of carbonyl (C=O) groups excluding carboxylic acids is 1. The van der Waals surface area contributed by atoms with Crippen molar-refractivity contribution in [3.8, 4) is 5.75 Å². The Labute approximate surface area is 121 Å². The number of carbonyl (C=O) groups is 2. The average Bonchev–Trinajstić information content (AvgIpc) is 2.34. The van der Waals surface area contributed by atoms with Crippen molar-refractivity contribution in [2.24, 2.45) is 0 Å². The number of rotatable bonds is 3. The molecule has 1 heterocycles. The van der Waals surface area contributed by atoms with Crippen LogP contribution in [0, 0.1) is 6.92 Å². The summed E-state index contributed by atoms with van der Waals surface area (Å²) in [5.41, 5.74) is 1.15. The van der Waals surface area contributed by atoms with Crippen LogP contribution in [0.4, 0.5) is 0 Å². The summed E-state index contributed by atoms with van der Waals surface area (Å²) in [5.74, 6) is -1.53. The summed E-state index contributed by atoms with van der Waals surface area (Å²) < 4.78 is 5.31. The highest BCUT2D eigenvalue weighted by molar-refractivity contribution is 6.47. The Bertz CT molecular complexity index is 587. The van der Waals surface area contributed by atoms with Crippen molar-refractivity contribution >= 4 is 30.5 Å². The molecule has 1 aromatic rings. The van der Waals surface area contributed by atoms with Gasteiger partial charge in [-0.05, 0) is 31.9 Å². The minimum atomic E-state index is -1.21. The van der Waals surface area contributed by atoms with Crippen molar-refractivity contribution in [2.75, 3.05) is 0 Å². The van der Waals surface area contributed by atoms with Crippen LogP contribution >= 0.6 is 11.6 Å². The number of carboxylic acid groups (broad SMARTS) is 1. The summed E-state index contributed by atoms with van der Waals surface area (Å²) in [6, 6.07) is 1.42. The highest BCUT2D eigenvalue weighted by Gasteiger charge is 2.38. The summed E-state index contributed by atoms with van der Waals surface area (Å²) in [7, 11) is -1.21. The highest BCUT2D eigenvalue weighted by atomic mass is 35.5. The van der Waals surface area contributed by atoms with E-state index in [0.29, 0.717) is 22.6 Å². The van der Waals surface area contributed by atoms with Crippen molar-refractivity contribution in [3.63, 3.8) is 0 Å². The second kappa shape index (κ2) is 5.46. The molecule has 1 aromatic carbocycles. The summed E-state index contributed by atoms with van der Waals surface area (Å²) in [5, 5.41) is 19.5. The Kier molecular flexibility index (Phi) is 4.06. The van der Waals surface area contributed by atoms with Gasteiger partial charge in [0.25, 0.3) is 0 Å². The van der Waals surface area contributed by atoms with Crippen LogP contribution in [0.25, 0.3) is 0 Å². The zero-order valence-electron chi connectivity index (χ0n) is 11.1. The molecule has 0 aliphatic carbocycles. The van der Waals surface area contributed by atoms with Crippen LogP contribution < -0.4 is 4.65 Å². The number of carboxylic acids is 1. The van der Waals surface area contributed by atoms with Gasteiger partial charge in [0.05, 0.1) is 5.02 Å². The molecule has 0 spiro atoms. The summed E-state index contributed by atoms with van der Waals surface area (Å²) in [6.07, 6.45) is 0.476. The predicted molar refractivity (Wildman–Crippen MR) is 74.5 cm³/mol. The van der Waals surface area contributed by atoms with E-state index in [0.717, 1.165) is 0 Å². The molecule has 0 saturated heterocycles. The van der Waals surface area contributed by atoms with Crippen molar-refractivity contribution in [1.82, 2.24) is 0 Å². The second-order valence-corrected chi connectivity index (χ2v) is 5.42. The third-order valence-electron chi connectivity index (χ3n) is 3.38. The second-order valence-electron chi connectivity index (χ2n) is 5.05. The lowest BCUT2D eigenvalue weighted by Crippen LogP contribution is -2.35. The number of aryl methyl sites for hydroxylation is 1. The fourth-order valence-electron chi connectivity index (χ4n) is 2.44. The van der Waals surface area contributed by atoms with Gasteiger partial charge in [-0.25, -0.2) is 4.79 Å². The SMILES string of the molecule is CC(=O)C[C@H]1Cc2c(Cl)c(C)cc(C(=O)O)c2OB1O. The van der Waals surface area contributed by atoms with Crippen molar-refractivity contribution < 1.29 is 24.4 Å². The van der Waals surface area contributed by atoms with E-state index in [1.54, 1.807) is 6.92 Å². The van der Waals surface area contributed by atoms with Crippen molar-refractivity contribution in [1.29, 1.82) is 0 Å². The maximum atomic E-state index is 11.2. The zero-order valence-corrected chi connectivity index (χ0v) is 11.9. The quantitative estimate of drug-likeness (QED) is 0.835. The first-order chi connectivity index (χ1) is 9.31. The van der Waals surface area contributed by atoms with Gasteiger partial charge < -0.3 is 19.6 Å². The molecule has 0 bridgehead atoms. The molecule has 0 radical (unpaired) electrons. The number of Topliss-reactive ketones (excluding diaryl/α,β-unsaturated/α-hetero) is 1. The van der Waals surface area contributed by atoms with Crippen LogP contribution in [0.15, 0.2) is 6.07 Å². The number of benzene rings is 1. The van der Waals surface area contributed by atoms with Gasteiger partial charge in [-0.1, -0.05) is 11.6 Å². The molecule has 0 amide bonds. The summed E-state index contributed by atoms with van der Waals surface area (Å²) >= 11 is 6.20. The molecule has 2 rings (SSSR count). The Balaban J connectivity index is 2.50. The smallest absolute Gasteiger partial charge is 0.526 e. The first kappa shape index (κ1) is 14.9. The van der Waals surface area contributed by atoms with E-state index in [1.165, 1.54) is 13.0 Å². The lowest BCUT2D eigenvalue weighted by atomic mass is 9.64. The zero-order chi connectivity index (χ0) is 15.0. The van der Waals surface area contributed by atoms with Crippen LogP contribution in [0.5, 0.6) is 5.75 Å². The lowest BCUT2D eigenvalue weighted by Gasteiger charge is -2.29. The van der Waals surface area contributed by atoms with Crippen LogP contribution in [0.3, 0.4) is 0 Å². The molecule has 0 fully saturated rings. The number of aromatic carboxylic acids is 1. The van der Waals surface area contributed by atoms with Gasteiger partial charge in [0.2, 0.25) is 0 Å². The van der Waals surface area contributed by atoms with E-state index < -0.39 is 18.9 Å². The molecule has 0 saturated carbocycles. The van der Waals surface area contributed by atoms with E-state index in [-0.39, 0.29) is 23.5 Å². The molecule has 1 aliphatic rings. The monoisotopic (exact) mass is 296 g/mol. The maximum Gasteiger partial charge on any atom is 0.526 e.